The quantitative estimate of drug-likeness (QED) is 0.254. The van der Waals surface area contributed by atoms with Crippen molar-refractivity contribution >= 4 is 12.0 Å². The average Bonchev–Trinajstić information content (AvgIpc) is 2.00. The van der Waals surface area contributed by atoms with E-state index in [0.717, 1.165) is 0 Å². The van der Waals surface area contributed by atoms with Gasteiger partial charge in [0.25, 0.3) is 0 Å². The van der Waals surface area contributed by atoms with Gasteiger partial charge < -0.3 is 5.26 Å². The molecule has 11 heteroatoms. The summed E-state index contributed by atoms with van der Waals surface area (Å²) in [6.07, 6.45) is -12.3. The summed E-state index contributed by atoms with van der Waals surface area (Å²) in [5.74, 6) is -2.19. The highest BCUT2D eigenvalue weighted by molar-refractivity contribution is 7.94. The summed E-state index contributed by atoms with van der Waals surface area (Å²) in [4.78, 5) is 0. The summed E-state index contributed by atoms with van der Waals surface area (Å²) in [5.41, 5.74) is -5.46. The standard InChI is InChI=1S/C4H3F7O3S/c5-2(3(6,7)8,4(9,10)11)1-15-14-13-12/h12H,1H2/p-1. The molecule has 92 valence electrons. The molecule has 0 fully saturated rings. The van der Waals surface area contributed by atoms with Crippen LogP contribution in [0.4, 0.5) is 30.7 Å². The van der Waals surface area contributed by atoms with Crippen LogP contribution in [0.1, 0.15) is 0 Å². The summed E-state index contributed by atoms with van der Waals surface area (Å²) in [5, 5.41) is 11.6. The predicted molar refractivity (Wildman–Crippen MR) is 30.6 cm³/mol. The molecule has 0 atom stereocenters. The Hall–Kier alpha value is -0.260. The van der Waals surface area contributed by atoms with E-state index in [0.29, 0.717) is 0 Å². The van der Waals surface area contributed by atoms with Gasteiger partial charge in [-0.25, -0.2) is 4.39 Å². The molecule has 0 bridgehead atoms. The lowest BCUT2D eigenvalue weighted by atomic mass is 10.1. The van der Waals surface area contributed by atoms with Crippen LogP contribution < -0.4 is 5.26 Å². The van der Waals surface area contributed by atoms with E-state index in [1.807, 2.05) is 0 Å². The third-order valence-corrected chi connectivity index (χ3v) is 1.90. The van der Waals surface area contributed by atoms with E-state index in [1.165, 1.54) is 0 Å². The average molecular weight is 263 g/mol. The molecule has 0 saturated heterocycles. The van der Waals surface area contributed by atoms with Gasteiger partial charge in [-0.05, 0) is 0 Å². The zero-order valence-electron chi connectivity index (χ0n) is 6.49. The van der Waals surface area contributed by atoms with Crippen molar-refractivity contribution in [2.24, 2.45) is 0 Å². The molecule has 0 N–H and O–H groups in total. The molecule has 0 radical (unpaired) electrons. The zero-order valence-corrected chi connectivity index (χ0v) is 7.30. The summed E-state index contributed by atoms with van der Waals surface area (Å²) in [7, 11) is 0. The molecule has 0 aromatic rings. The Bertz CT molecular complexity index is 187. The van der Waals surface area contributed by atoms with Crippen LogP contribution in [0.15, 0.2) is 0 Å². The largest absolute Gasteiger partial charge is 0.691 e. The molecule has 0 amide bonds. The van der Waals surface area contributed by atoms with Crippen molar-refractivity contribution in [3.63, 3.8) is 0 Å². The minimum atomic E-state index is -6.16. The smallest absolute Gasteiger partial charge is 0.432 e. The molecule has 0 aliphatic rings. The second-order valence-electron chi connectivity index (χ2n) is 2.19. The Kier molecular flexibility index (Phi) is 4.64. The van der Waals surface area contributed by atoms with E-state index < -0.39 is 35.8 Å². The first-order chi connectivity index (χ1) is 6.56. The molecule has 0 spiro atoms. The minimum Gasteiger partial charge on any atom is -0.691 e. The highest BCUT2D eigenvalue weighted by Gasteiger charge is 2.72. The van der Waals surface area contributed by atoms with E-state index in [9.17, 15) is 30.7 Å². The molecule has 0 rings (SSSR count). The molecule has 0 saturated carbocycles. The lowest BCUT2D eigenvalue weighted by Gasteiger charge is -2.28. The van der Waals surface area contributed by atoms with Crippen molar-refractivity contribution in [1.29, 1.82) is 0 Å². The lowest BCUT2D eigenvalue weighted by Crippen LogP contribution is -2.55. The van der Waals surface area contributed by atoms with Crippen LogP contribution in [0.25, 0.3) is 0 Å². The summed E-state index contributed by atoms with van der Waals surface area (Å²) in [6, 6.07) is 0. The maximum atomic E-state index is 12.6. The zero-order chi connectivity index (χ0) is 12.3. The van der Waals surface area contributed by atoms with E-state index in [4.69, 9.17) is 5.26 Å². The fourth-order valence-electron chi connectivity index (χ4n) is 0.449. The van der Waals surface area contributed by atoms with Gasteiger partial charge in [0.05, 0.1) is 5.75 Å². The third kappa shape index (κ3) is 3.36. The second kappa shape index (κ2) is 4.72. The van der Waals surface area contributed by atoms with Crippen LogP contribution in [0.3, 0.4) is 0 Å². The predicted octanol–water partition coefficient (Wildman–Crippen LogP) is 1.69. The van der Waals surface area contributed by atoms with Gasteiger partial charge in [0.15, 0.2) is 0 Å². The molecule has 0 aliphatic heterocycles. The van der Waals surface area contributed by atoms with Crippen molar-refractivity contribution in [3.8, 4) is 0 Å². The number of rotatable bonds is 4. The molecule has 0 aromatic heterocycles. The number of hydrogen-bond donors (Lipinski definition) is 0. The van der Waals surface area contributed by atoms with Gasteiger partial charge in [-0.3, -0.25) is 5.04 Å². The highest BCUT2D eigenvalue weighted by atomic mass is 32.2. The van der Waals surface area contributed by atoms with Crippen molar-refractivity contribution in [2.45, 2.75) is 18.0 Å². The van der Waals surface area contributed by atoms with Crippen molar-refractivity contribution < 1.29 is 45.4 Å². The van der Waals surface area contributed by atoms with Gasteiger partial charge in [0.1, 0.15) is 0 Å². The van der Waals surface area contributed by atoms with Crippen molar-refractivity contribution in [1.82, 2.24) is 0 Å². The molecule has 0 aromatic carbocycles. The number of halogens is 7. The SMILES string of the molecule is [O-]OOSCC(F)(C(F)(F)F)C(F)(F)F. The van der Waals surface area contributed by atoms with E-state index in [1.54, 1.807) is 0 Å². The Balaban J connectivity index is 4.74. The third-order valence-electron chi connectivity index (χ3n) is 1.23. The Labute approximate surface area is 82.2 Å². The van der Waals surface area contributed by atoms with Crippen LogP contribution in [-0.2, 0) is 9.37 Å². The topological polar surface area (TPSA) is 41.5 Å². The van der Waals surface area contributed by atoms with Crippen molar-refractivity contribution in [2.75, 3.05) is 5.75 Å². The highest BCUT2D eigenvalue weighted by Crippen LogP contribution is 2.47. The van der Waals surface area contributed by atoms with Crippen LogP contribution >= 0.6 is 12.0 Å². The molecule has 0 unspecified atom stereocenters. The van der Waals surface area contributed by atoms with Crippen LogP contribution in [0.2, 0.25) is 0 Å². The van der Waals surface area contributed by atoms with Gasteiger partial charge in [-0.15, -0.1) is 0 Å². The minimum absolute atomic E-state index is 0.736. The number of alkyl halides is 7. The normalized spacial score (nSPS) is 14.4. The lowest BCUT2D eigenvalue weighted by molar-refractivity contribution is -0.777. The van der Waals surface area contributed by atoms with Gasteiger partial charge in [0.2, 0.25) is 0 Å². The summed E-state index contributed by atoms with van der Waals surface area (Å²) >= 11 is -0.736. The Morgan fingerprint density at radius 1 is 0.933 bits per heavy atom. The van der Waals surface area contributed by atoms with Gasteiger partial charge in [-0.1, -0.05) is 0 Å². The summed E-state index contributed by atoms with van der Waals surface area (Å²) < 4.78 is 86.2. The van der Waals surface area contributed by atoms with Gasteiger partial charge >= 0.3 is 18.0 Å². The van der Waals surface area contributed by atoms with Gasteiger partial charge in [0, 0.05) is 12.0 Å². The van der Waals surface area contributed by atoms with Gasteiger partial charge in [-0.2, -0.15) is 30.7 Å². The molecular formula is C4H2F7O3S-. The van der Waals surface area contributed by atoms with Crippen LogP contribution in [0.5, 0.6) is 0 Å². The monoisotopic (exact) mass is 263 g/mol. The fraction of sp³-hybridized carbons (Fsp3) is 1.00. The van der Waals surface area contributed by atoms with E-state index in [-0.39, 0.29) is 0 Å². The first kappa shape index (κ1) is 14.7. The van der Waals surface area contributed by atoms with E-state index in [2.05, 4.69) is 9.37 Å². The maximum absolute atomic E-state index is 12.6. The number of hydrogen-bond acceptors (Lipinski definition) is 4. The molecule has 3 nitrogen and oxygen atoms in total. The summed E-state index contributed by atoms with van der Waals surface area (Å²) in [6.45, 7) is 0. The Morgan fingerprint density at radius 3 is 1.60 bits per heavy atom. The molecule has 0 aliphatic carbocycles. The molecule has 15 heavy (non-hydrogen) atoms. The van der Waals surface area contributed by atoms with Crippen LogP contribution in [-0.4, -0.2) is 23.8 Å². The molecular weight excluding hydrogens is 261 g/mol. The maximum Gasteiger partial charge on any atom is 0.432 e. The fourth-order valence-corrected chi connectivity index (χ4v) is 1.03. The molecule has 0 heterocycles. The van der Waals surface area contributed by atoms with Crippen LogP contribution in [0, 0.1) is 0 Å². The Morgan fingerprint density at radius 2 is 1.33 bits per heavy atom. The van der Waals surface area contributed by atoms with Crippen molar-refractivity contribution in [3.05, 3.63) is 0 Å². The second-order valence-corrected chi connectivity index (χ2v) is 2.86. The van der Waals surface area contributed by atoms with E-state index >= 15 is 0 Å². The first-order valence-electron chi connectivity index (χ1n) is 2.97. The first-order valence-corrected chi connectivity index (χ1v) is 3.88.